The number of rotatable bonds is 9. The van der Waals surface area contributed by atoms with E-state index in [0.717, 1.165) is 11.3 Å². The molecular weight excluding hydrogens is 423 g/mol. The number of halogens is 1. The van der Waals surface area contributed by atoms with E-state index in [4.69, 9.17) is 4.74 Å². The Morgan fingerprint density at radius 2 is 2.15 bits per heavy atom. The van der Waals surface area contributed by atoms with Crippen LogP contribution in [-0.2, 0) is 22.6 Å². The van der Waals surface area contributed by atoms with Gasteiger partial charge in [0.1, 0.15) is 11.6 Å². The van der Waals surface area contributed by atoms with Gasteiger partial charge < -0.3 is 15.4 Å². The van der Waals surface area contributed by atoms with E-state index < -0.39 is 5.54 Å². The molecule has 2 amide bonds. The summed E-state index contributed by atoms with van der Waals surface area (Å²) < 4.78 is 21.3. The van der Waals surface area contributed by atoms with Gasteiger partial charge in [0.15, 0.2) is 0 Å². The summed E-state index contributed by atoms with van der Waals surface area (Å²) in [5.74, 6) is -0.122. The van der Waals surface area contributed by atoms with Crippen LogP contribution in [0.3, 0.4) is 0 Å². The minimum Gasteiger partial charge on any atom is -0.497 e. The molecule has 172 valence electrons. The minimum atomic E-state index is -0.635. The lowest BCUT2D eigenvalue weighted by atomic mass is 9.84. The van der Waals surface area contributed by atoms with E-state index in [9.17, 15) is 14.0 Å². The largest absolute Gasteiger partial charge is 0.497 e. The highest BCUT2D eigenvalue weighted by Gasteiger charge is 2.38. The number of carbonyl (C=O) groups excluding carboxylic acids is 2. The molecule has 0 radical (unpaired) electrons. The maximum atomic E-state index is 14.5. The third-order valence-corrected chi connectivity index (χ3v) is 6.02. The predicted molar refractivity (Wildman–Crippen MR) is 121 cm³/mol. The lowest BCUT2D eigenvalue weighted by Crippen LogP contribution is -2.44. The van der Waals surface area contributed by atoms with E-state index in [1.807, 2.05) is 36.5 Å². The number of hydrogen-bond donors (Lipinski definition) is 2. The lowest BCUT2D eigenvalue weighted by Gasteiger charge is -2.29. The molecule has 1 aliphatic heterocycles. The van der Waals surface area contributed by atoms with E-state index in [2.05, 4.69) is 15.7 Å². The Hall–Kier alpha value is -3.68. The van der Waals surface area contributed by atoms with Crippen LogP contribution in [0.25, 0.3) is 5.69 Å². The molecule has 1 aliphatic rings. The van der Waals surface area contributed by atoms with Crippen LogP contribution in [0.4, 0.5) is 4.39 Å². The van der Waals surface area contributed by atoms with Crippen LogP contribution in [-0.4, -0.2) is 34.2 Å². The quantitative estimate of drug-likeness (QED) is 0.524. The van der Waals surface area contributed by atoms with Crippen molar-refractivity contribution in [2.24, 2.45) is 0 Å². The lowest BCUT2D eigenvalue weighted by molar-refractivity contribution is -0.122. The van der Waals surface area contributed by atoms with Crippen LogP contribution in [0.2, 0.25) is 0 Å². The number of hydrogen-bond acceptors (Lipinski definition) is 4. The number of nitrogens with zero attached hydrogens (tertiary/aromatic N) is 2. The van der Waals surface area contributed by atoms with Crippen LogP contribution in [0.15, 0.2) is 60.9 Å². The Bertz CT molecular complexity index is 1130. The van der Waals surface area contributed by atoms with Crippen LogP contribution in [0, 0.1) is 5.82 Å². The van der Waals surface area contributed by atoms with Crippen LogP contribution in [0.1, 0.15) is 36.8 Å². The molecule has 2 heterocycles. The number of methoxy groups -OCH3 is 1. The van der Waals surface area contributed by atoms with Gasteiger partial charge in [0.2, 0.25) is 11.8 Å². The third-order valence-electron chi connectivity index (χ3n) is 6.02. The molecule has 33 heavy (non-hydrogen) atoms. The predicted octanol–water partition coefficient (Wildman–Crippen LogP) is 3.31. The molecule has 0 unspecified atom stereocenters. The fourth-order valence-corrected chi connectivity index (χ4v) is 4.22. The average molecular weight is 451 g/mol. The van der Waals surface area contributed by atoms with Crippen LogP contribution >= 0.6 is 0 Å². The molecule has 7 nitrogen and oxygen atoms in total. The second-order valence-corrected chi connectivity index (χ2v) is 8.36. The molecule has 2 aromatic carbocycles. The summed E-state index contributed by atoms with van der Waals surface area (Å²) in [4.78, 5) is 24.6. The number of aromatic nitrogens is 2. The first-order valence-corrected chi connectivity index (χ1v) is 11.0. The van der Waals surface area contributed by atoms with Crippen LogP contribution < -0.4 is 15.4 Å². The first-order chi connectivity index (χ1) is 16.0. The standard InChI is InChI=1S/C25H27FN4O3/c1-33-21-7-6-19(22(26)15-21)16-25(11-9-24(32)29-25)10-8-23(31)27-17-18-4-2-5-20(14-18)30-13-3-12-28-30/h2-7,12-15H,8-11,16-17H2,1H3,(H,27,31)(H,29,32)/t25-/m0/s1. The molecule has 0 bridgehead atoms. The van der Waals surface area contributed by atoms with Gasteiger partial charge in [-0.15, -0.1) is 0 Å². The zero-order valence-corrected chi connectivity index (χ0v) is 18.5. The van der Waals surface area contributed by atoms with Crippen molar-refractivity contribution in [3.63, 3.8) is 0 Å². The molecular formula is C25H27FN4O3. The topological polar surface area (TPSA) is 85.2 Å². The molecule has 0 saturated carbocycles. The summed E-state index contributed by atoms with van der Waals surface area (Å²) in [7, 11) is 1.49. The van der Waals surface area contributed by atoms with E-state index >= 15 is 0 Å². The summed E-state index contributed by atoms with van der Waals surface area (Å²) in [6, 6.07) is 14.3. The molecule has 2 N–H and O–H groups in total. The molecule has 1 fully saturated rings. The number of amides is 2. The number of ether oxygens (including phenoxy) is 1. The van der Waals surface area contributed by atoms with Crippen molar-refractivity contribution in [3.8, 4) is 11.4 Å². The molecule has 1 aromatic heterocycles. The highest BCUT2D eigenvalue weighted by molar-refractivity contribution is 5.80. The average Bonchev–Trinajstić information content (AvgIpc) is 3.48. The monoisotopic (exact) mass is 450 g/mol. The Kier molecular flexibility index (Phi) is 6.72. The zero-order chi connectivity index (χ0) is 23.3. The van der Waals surface area contributed by atoms with Crippen LogP contribution in [0.5, 0.6) is 5.75 Å². The van der Waals surface area contributed by atoms with Crippen molar-refractivity contribution in [1.82, 2.24) is 20.4 Å². The van der Waals surface area contributed by atoms with Gasteiger partial charge in [0, 0.05) is 43.4 Å². The third kappa shape index (κ3) is 5.58. The van der Waals surface area contributed by atoms with Gasteiger partial charge in [-0.25, -0.2) is 9.07 Å². The molecule has 8 heteroatoms. The first-order valence-electron chi connectivity index (χ1n) is 11.0. The van der Waals surface area contributed by atoms with Gasteiger partial charge in [-0.2, -0.15) is 5.10 Å². The fourth-order valence-electron chi connectivity index (χ4n) is 4.22. The van der Waals surface area contributed by atoms with E-state index in [1.165, 1.54) is 13.2 Å². The van der Waals surface area contributed by atoms with Gasteiger partial charge in [0.05, 0.1) is 12.8 Å². The zero-order valence-electron chi connectivity index (χ0n) is 18.5. The van der Waals surface area contributed by atoms with Gasteiger partial charge in [-0.3, -0.25) is 9.59 Å². The van der Waals surface area contributed by atoms with Crippen molar-refractivity contribution in [2.75, 3.05) is 7.11 Å². The second kappa shape index (κ2) is 9.85. The Morgan fingerprint density at radius 3 is 2.85 bits per heavy atom. The molecule has 1 atom stereocenters. The van der Waals surface area contributed by atoms with E-state index in [1.54, 1.807) is 23.0 Å². The molecule has 0 aliphatic carbocycles. The summed E-state index contributed by atoms with van der Waals surface area (Å²) in [5, 5.41) is 10.2. The normalized spacial score (nSPS) is 17.6. The van der Waals surface area contributed by atoms with Crippen molar-refractivity contribution < 1.29 is 18.7 Å². The Labute approximate surface area is 191 Å². The van der Waals surface area contributed by atoms with Gasteiger partial charge >= 0.3 is 0 Å². The van der Waals surface area contributed by atoms with Crippen molar-refractivity contribution in [1.29, 1.82) is 0 Å². The Balaban J connectivity index is 1.36. The maximum absolute atomic E-state index is 14.5. The Morgan fingerprint density at radius 1 is 1.27 bits per heavy atom. The maximum Gasteiger partial charge on any atom is 0.220 e. The molecule has 3 aromatic rings. The number of nitrogens with one attached hydrogen (secondary N) is 2. The fraction of sp³-hybridized carbons (Fsp3) is 0.320. The summed E-state index contributed by atoms with van der Waals surface area (Å²) in [6.07, 6.45) is 5.51. The van der Waals surface area contributed by atoms with Gasteiger partial charge in [-0.1, -0.05) is 18.2 Å². The summed E-state index contributed by atoms with van der Waals surface area (Å²) in [6.45, 7) is 0.389. The first kappa shape index (κ1) is 22.5. The van der Waals surface area contributed by atoms with Gasteiger partial charge in [-0.05, 0) is 54.7 Å². The SMILES string of the molecule is COc1ccc(C[C@]2(CCC(=O)NCc3cccc(-n4cccn4)c3)CCC(=O)N2)c(F)c1. The van der Waals surface area contributed by atoms with Crippen molar-refractivity contribution >= 4 is 11.8 Å². The number of benzene rings is 2. The molecule has 1 saturated heterocycles. The van der Waals surface area contributed by atoms with E-state index in [0.29, 0.717) is 43.5 Å². The second-order valence-electron chi connectivity index (χ2n) is 8.36. The smallest absolute Gasteiger partial charge is 0.220 e. The summed E-state index contributed by atoms with van der Waals surface area (Å²) >= 11 is 0. The minimum absolute atomic E-state index is 0.0697. The molecule has 4 rings (SSSR count). The van der Waals surface area contributed by atoms with Gasteiger partial charge in [0.25, 0.3) is 0 Å². The highest BCUT2D eigenvalue weighted by atomic mass is 19.1. The highest BCUT2D eigenvalue weighted by Crippen LogP contribution is 2.31. The number of carbonyl (C=O) groups is 2. The van der Waals surface area contributed by atoms with E-state index in [-0.39, 0.29) is 24.1 Å². The van der Waals surface area contributed by atoms with Crippen molar-refractivity contribution in [3.05, 3.63) is 77.9 Å². The van der Waals surface area contributed by atoms with Crippen molar-refractivity contribution in [2.45, 2.75) is 44.2 Å². The summed E-state index contributed by atoms with van der Waals surface area (Å²) in [5.41, 5.74) is 1.74. The molecule has 0 spiro atoms.